The number of aromatic hydroxyl groups is 1. The van der Waals surface area contributed by atoms with Crippen LogP contribution >= 0.6 is 11.6 Å². The highest BCUT2D eigenvalue weighted by molar-refractivity contribution is 6.58. The average Bonchev–Trinajstić information content (AvgIpc) is 3.55. The van der Waals surface area contributed by atoms with Crippen molar-refractivity contribution in [1.29, 1.82) is 0 Å². The highest BCUT2D eigenvalue weighted by Gasteiger charge is 2.40. The van der Waals surface area contributed by atoms with E-state index in [1.165, 1.54) is 0 Å². The summed E-state index contributed by atoms with van der Waals surface area (Å²) >= 11 is 6.20. The number of aliphatic imine (C=N–C) groups is 1. The van der Waals surface area contributed by atoms with Crippen LogP contribution in [-0.2, 0) is 9.63 Å². The van der Waals surface area contributed by atoms with Crippen LogP contribution in [0.25, 0.3) is 10.9 Å². The van der Waals surface area contributed by atoms with Gasteiger partial charge in [0.25, 0.3) is 5.91 Å². The number of oxime groups is 1. The van der Waals surface area contributed by atoms with E-state index in [1.54, 1.807) is 18.2 Å². The molecule has 1 aromatic heterocycles. The second-order valence-corrected chi connectivity index (χ2v) is 8.71. The van der Waals surface area contributed by atoms with Gasteiger partial charge in [-0.3, -0.25) is 4.79 Å². The highest BCUT2D eigenvalue weighted by atomic mass is 35.5. The lowest BCUT2D eigenvalue weighted by atomic mass is 10.0. The van der Waals surface area contributed by atoms with Gasteiger partial charge in [0, 0.05) is 46.7 Å². The molecule has 3 aromatic rings. The number of carbonyl (C=O) groups is 1. The van der Waals surface area contributed by atoms with E-state index in [-0.39, 0.29) is 24.4 Å². The van der Waals surface area contributed by atoms with Gasteiger partial charge in [0.1, 0.15) is 11.4 Å². The van der Waals surface area contributed by atoms with Crippen LogP contribution < -0.4 is 5.32 Å². The fraction of sp³-hybridized carbons (Fsp3) is 0.261. The predicted octanol–water partition coefficient (Wildman–Crippen LogP) is 2.95. The van der Waals surface area contributed by atoms with E-state index < -0.39 is 0 Å². The van der Waals surface area contributed by atoms with E-state index in [0.717, 1.165) is 35.1 Å². The van der Waals surface area contributed by atoms with Crippen LogP contribution in [0.2, 0.25) is 5.02 Å². The molecule has 0 aliphatic carbocycles. The van der Waals surface area contributed by atoms with Crippen molar-refractivity contribution in [3.63, 3.8) is 0 Å². The Kier molecular flexibility index (Phi) is 4.44. The summed E-state index contributed by atoms with van der Waals surface area (Å²) in [5.74, 6) is -0.104. The molecule has 3 aliphatic heterocycles. The SMILES string of the molecule is O=C(CO/N=C1/C(c2c(O)[nH]c3ccc(Cl)cc23)=Nc2ccccc21)N1C[C@H]2C[C@@H]1CN2. The van der Waals surface area contributed by atoms with Crippen LogP contribution in [0.1, 0.15) is 17.5 Å². The number of amides is 1. The molecule has 1 amide bonds. The zero-order valence-corrected chi connectivity index (χ0v) is 17.8. The largest absolute Gasteiger partial charge is 0.494 e. The van der Waals surface area contributed by atoms with Gasteiger partial charge < -0.3 is 25.1 Å². The van der Waals surface area contributed by atoms with Crippen LogP contribution in [0.15, 0.2) is 52.6 Å². The first-order valence-electron chi connectivity index (χ1n) is 10.5. The molecule has 2 aromatic carbocycles. The second kappa shape index (κ2) is 7.36. The molecule has 0 spiro atoms. The fourth-order valence-electron chi connectivity index (χ4n) is 4.83. The molecule has 9 heteroatoms. The van der Waals surface area contributed by atoms with E-state index in [9.17, 15) is 9.90 Å². The normalized spacial score (nSPS) is 22.6. The van der Waals surface area contributed by atoms with Gasteiger partial charge in [-0.25, -0.2) is 4.99 Å². The summed E-state index contributed by atoms with van der Waals surface area (Å²) in [5.41, 5.74) is 3.65. The number of nitrogens with zero attached hydrogens (tertiary/aromatic N) is 3. The van der Waals surface area contributed by atoms with Crippen molar-refractivity contribution in [1.82, 2.24) is 15.2 Å². The lowest BCUT2D eigenvalue weighted by molar-refractivity contribution is -0.137. The van der Waals surface area contributed by atoms with Crippen molar-refractivity contribution in [2.45, 2.75) is 18.5 Å². The van der Waals surface area contributed by atoms with Crippen molar-refractivity contribution >= 4 is 45.5 Å². The van der Waals surface area contributed by atoms with Gasteiger partial charge in [-0.1, -0.05) is 35.0 Å². The first-order chi connectivity index (χ1) is 15.6. The number of benzene rings is 2. The monoisotopic (exact) mass is 449 g/mol. The number of likely N-dealkylation sites (tertiary alicyclic amines) is 1. The third-order valence-electron chi connectivity index (χ3n) is 6.31. The number of nitrogens with one attached hydrogen (secondary N) is 2. The van der Waals surface area contributed by atoms with E-state index in [4.69, 9.17) is 21.4 Å². The van der Waals surface area contributed by atoms with Crippen molar-refractivity contribution in [3.05, 3.63) is 58.6 Å². The Morgan fingerprint density at radius 3 is 3.00 bits per heavy atom. The van der Waals surface area contributed by atoms with Crippen LogP contribution in [0.5, 0.6) is 5.88 Å². The minimum Gasteiger partial charge on any atom is -0.494 e. The summed E-state index contributed by atoms with van der Waals surface area (Å²) in [7, 11) is 0. The molecule has 6 rings (SSSR count). The van der Waals surface area contributed by atoms with Gasteiger partial charge in [-0.05, 0) is 30.7 Å². The number of aromatic nitrogens is 1. The molecule has 2 atom stereocenters. The van der Waals surface area contributed by atoms with E-state index in [1.807, 2.05) is 29.2 Å². The molecule has 0 unspecified atom stereocenters. The summed E-state index contributed by atoms with van der Waals surface area (Å²) in [5, 5.41) is 19.6. The van der Waals surface area contributed by atoms with Gasteiger partial charge in [0.15, 0.2) is 12.5 Å². The maximum atomic E-state index is 12.6. The number of para-hydroxylation sites is 1. The number of piperazine rings is 1. The number of fused-ring (bicyclic) bond motifs is 4. The summed E-state index contributed by atoms with van der Waals surface area (Å²) in [6, 6.07) is 13.5. The zero-order valence-electron chi connectivity index (χ0n) is 17.0. The Labute approximate surface area is 188 Å². The molecular weight excluding hydrogens is 430 g/mol. The third-order valence-corrected chi connectivity index (χ3v) is 6.55. The maximum Gasteiger partial charge on any atom is 0.263 e. The first kappa shape index (κ1) is 19.3. The van der Waals surface area contributed by atoms with Crippen molar-refractivity contribution in [3.8, 4) is 5.88 Å². The summed E-state index contributed by atoms with van der Waals surface area (Å²) < 4.78 is 0. The molecule has 32 heavy (non-hydrogen) atoms. The number of H-pyrrole nitrogens is 1. The molecular formula is C23H20ClN5O3. The number of halogens is 1. The lowest BCUT2D eigenvalue weighted by Crippen LogP contribution is -2.47. The quantitative estimate of drug-likeness (QED) is 0.533. The predicted molar refractivity (Wildman–Crippen MR) is 122 cm³/mol. The van der Waals surface area contributed by atoms with Crippen LogP contribution in [0, 0.1) is 0 Å². The molecule has 0 radical (unpaired) electrons. The number of carbonyl (C=O) groups excluding carboxylic acids is 1. The topological polar surface area (TPSA) is 102 Å². The molecule has 2 fully saturated rings. The van der Waals surface area contributed by atoms with Gasteiger partial charge in [0.05, 0.1) is 11.3 Å². The Morgan fingerprint density at radius 2 is 2.19 bits per heavy atom. The molecule has 8 nitrogen and oxygen atoms in total. The van der Waals surface area contributed by atoms with Gasteiger partial charge >= 0.3 is 0 Å². The van der Waals surface area contributed by atoms with Crippen molar-refractivity contribution in [2.24, 2.45) is 10.1 Å². The molecule has 3 N–H and O–H groups in total. The summed E-state index contributed by atoms with van der Waals surface area (Å²) in [6.07, 6.45) is 0.993. The molecule has 3 aliphatic rings. The molecule has 162 valence electrons. The Balaban J connectivity index is 1.33. The van der Waals surface area contributed by atoms with Gasteiger partial charge in [-0.15, -0.1) is 0 Å². The third kappa shape index (κ3) is 3.06. The number of rotatable bonds is 4. The standard InChI is InChI=1S/C23H20ClN5O3/c24-12-5-6-18-16(7-12)20(23(31)27-18)22-21(15-3-1-2-4-17(15)26-22)28-32-11-19(30)29-10-13-8-14(29)9-25-13/h1-7,13-14,25,27,31H,8-11H2/b28-21+/t13-,14-/m1/s1. The Hall–Kier alpha value is -3.36. The van der Waals surface area contributed by atoms with Crippen molar-refractivity contribution < 1.29 is 14.7 Å². The number of hydrogen-bond acceptors (Lipinski definition) is 6. The van der Waals surface area contributed by atoms with Gasteiger partial charge in [-0.2, -0.15) is 0 Å². The summed E-state index contributed by atoms with van der Waals surface area (Å²) in [6.45, 7) is 1.40. The fourth-order valence-corrected chi connectivity index (χ4v) is 5.00. The average molecular weight is 450 g/mol. The first-order valence-corrected chi connectivity index (χ1v) is 10.9. The number of hydrogen-bond donors (Lipinski definition) is 3. The zero-order chi connectivity index (χ0) is 21.8. The van der Waals surface area contributed by atoms with Crippen molar-refractivity contribution in [2.75, 3.05) is 19.7 Å². The minimum atomic E-state index is -0.145. The van der Waals surface area contributed by atoms with Crippen LogP contribution in [0.3, 0.4) is 0 Å². The van der Waals surface area contributed by atoms with E-state index >= 15 is 0 Å². The Bertz CT molecular complexity index is 1310. The Morgan fingerprint density at radius 1 is 1.31 bits per heavy atom. The van der Waals surface area contributed by atoms with Crippen LogP contribution in [-0.4, -0.2) is 64.1 Å². The maximum absolute atomic E-state index is 12.6. The van der Waals surface area contributed by atoms with Gasteiger partial charge in [0.2, 0.25) is 0 Å². The molecule has 2 bridgehead atoms. The molecule has 4 heterocycles. The smallest absolute Gasteiger partial charge is 0.263 e. The lowest BCUT2D eigenvalue weighted by Gasteiger charge is -2.26. The second-order valence-electron chi connectivity index (χ2n) is 8.27. The summed E-state index contributed by atoms with van der Waals surface area (Å²) in [4.78, 5) is 27.7. The highest BCUT2D eigenvalue weighted by Crippen LogP contribution is 2.36. The molecule has 0 saturated carbocycles. The van der Waals surface area contributed by atoms with Crippen LogP contribution in [0.4, 0.5) is 5.69 Å². The van der Waals surface area contributed by atoms with E-state index in [2.05, 4.69) is 15.5 Å². The van der Waals surface area contributed by atoms with E-state index in [0.29, 0.717) is 34.6 Å². The number of aromatic amines is 1. The molecule has 2 saturated heterocycles. The minimum absolute atomic E-state index is 0.0295.